The third-order valence-electron chi connectivity index (χ3n) is 1.79. The summed E-state index contributed by atoms with van der Waals surface area (Å²) in [5.41, 5.74) is 2.02. The van der Waals surface area contributed by atoms with Crippen LogP contribution in [0, 0.1) is 11.8 Å². The lowest BCUT2D eigenvalue weighted by molar-refractivity contribution is -0.378. The number of H-pyrrole nitrogens is 2. The third-order valence-corrected chi connectivity index (χ3v) is 1.79. The zero-order chi connectivity index (χ0) is 9.64. The Morgan fingerprint density at radius 3 is 1.36 bits per heavy atom. The summed E-state index contributed by atoms with van der Waals surface area (Å²) in [6.07, 6.45) is 7.46. The van der Waals surface area contributed by atoms with E-state index in [-0.39, 0.29) is 0 Å². The van der Waals surface area contributed by atoms with Crippen LogP contribution in [0.5, 0.6) is 0 Å². The molecule has 0 unspecified atom stereocenters. The molecule has 0 aliphatic heterocycles. The highest BCUT2D eigenvalue weighted by molar-refractivity contribution is 5.40. The van der Waals surface area contributed by atoms with E-state index in [2.05, 4.69) is 21.8 Å². The van der Waals surface area contributed by atoms with Crippen molar-refractivity contribution < 1.29 is 9.97 Å². The van der Waals surface area contributed by atoms with Gasteiger partial charge in [0.2, 0.25) is 0 Å². The van der Waals surface area contributed by atoms with Gasteiger partial charge in [-0.25, -0.2) is 9.97 Å². The highest BCUT2D eigenvalue weighted by atomic mass is 14.6. The molecule has 0 aromatic carbocycles. The Balaban J connectivity index is 2.24. The van der Waals surface area contributed by atoms with Gasteiger partial charge in [0.1, 0.15) is 0 Å². The van der Waals surface area contributed by atoms with Crippen molar-refractivity contribution >= 4 is 0 Å². The zero-order valence-electron chi connectivity index (χ0n) is 7.62. The maximum absolute atomic E-state index is 3.08. The van der Waals surface area contributed by atoms with Gasteiger partial charge >= 0.3 is 0 Å². The predicted octanol–water partition coefficient (Wildman–Crippen LogP) is 0.715. The van der Waals surface area contributed by atoms with Gasteiger partial charge in [-0.2, -0.15) is 0 Å². The standard InChI is InChI=1S/C12H8N2/c1(11-3-7-13-8-4-11)2-12-5-9-14-10-6-12/h3-10H/p+2. The molecule has 0 spiro atoms. The molecule has 66 valence electrons. The van der Waals surface area contributed by atoms with Gasteiger partial charge in [0.15, 0.2) is 24.8 Å². The van der Waals surface area contributed by atoms with E-state index in [0.717, 1.165) is 11.1 Å². The average molecular weight is 182 g/mol. The molecular formula is C12H10N2+2. The van der Waals surface area contributed by atoms with E-state index < -0.39 is 0 Å². The smallest absolute Gasteiger partial charge is 0.168 e. The number of rotatable bonds is 0. The molecule has 2 rings (SSSR count). The molecule has 0 aliphatic carbocycles. The quantitative estimate of drug-likeness (QED) is 0.537. The summed E-state index contributed by atoms with van der Waals surface area (Å²) >= 11 is 0. The first-order valence-electron chi connectivity index (χ1n) is 4.39. The van der Waals surface area contributed by atoms with Crippen LogP contribution in [0.4, 0.5) is 0 Å². The van der Waals surface area contributed by atoms with Crippen LogP contribution >= 0.6 is 0 Å². The van der Waals surface area contributed by atoms with Crippen molar-refractivity contribution in [1.82, 2.24) is 0 Å². The molecule has 0 bridgehead atoms. The van der Waals surface area contributed by atoms with Gasteiger partial charge in [0, 0.05) is 35.4 Å². The Bertz CT molecular complexity index is 408. The zero-order valence-corrected chi connectivity index (χ0v) is 7.62. The molecule has 0 fully saturated rings. The van der Waals surface area contributed by atoms with Crippen LogP contribution in [0.15, 0.2) is 49.1 Å². The molecule has 2 nitrogen and oxygen atoms in total. The fraction of sp³-hybridized carbons (Fsp3) is 0. The number of hydrogen-bond donors (Lipinski definition) is 0. The molecule has 0 atom stereocenters. The van der Waals surface area contributed by atoms with Crippen molar-refractivity contribution in [3.05, 3.63) is 60.2 Å². The van der Waals surface area contributed by atoms with Gasteiger partial charge in [0.25, 0.3) is 0 Å². The minimum atomic E-state index is 1.01. The summed E-state index contributed by atoms with van der Waals surface area (Å²) < 4.78 is 0. The van der Waals surface area contributed by atoms with Crippen molar-refractivity contribution in [1.29, 1.82) is 0 Å². The molecule has 0 saturated heterocycles. The van der Waals surface area contributed by atoms with Crippen LogP contribution in [0.25, 0.3) is 0 Å². The van der Waals surface area contributed by atoms with Crippen LogP contribution in [-0.4, -0.2) is 0 Å². The topological polar surface area (TPSA) is 28.3 Å². The fourth-order valence-electron chi connectivity index (χ4n) is 1.08. The molecule has 0 radical (unpaired) electrons. The lowest BCUT2D eigenvalue weighted by Gasteiger charge is -1.83. The number of hydrogen-bond acceptors (Lipinski definition) is 0. The van der Waals surface area contributed by atoms with Gasteiger partial charge in [-0.15, -0.1) is 0 Å². The molecule has 2 heterocycles. The molecule has 0 saturated carbocycles. The Labute approximate surface area is 82.7 Å². The Kier molecular flexibility index (Phi) is 2.54. The molecule has 2 aromatic heterocycles. The van der Waals surface area contributed by atoms with E-state index in [1.165, 1.54) is 0 Å². The molecule has 14 heavy (non-hydrogen) atoms. The normalized spacial score (nSPS) is 8.86. The van der Waals surface area contributed by atoms with Crippen LogP contribution in [0.1, 0.15) is 11.1 Å². The van der Waals surface area contributed by atoms with E-state index in [4.69, 9.17) is 0 Å². The van der Waals surface area contributed by atoms with Gasteiger partial charge < -0.3 is 0 Å². The summed E-state index contributed by atoms with van der Waals surface area (Å²) in [6.45, 7) is 0. The van der Waals surface area contributed by atoms with E-state index in [0.29, 0.717) is 0 Å². The lowest BCUT2D eigenvalue weighted by Crippen LogP contribution is -1.97. The average Bonchev–Trinajstić information content (AvgIpc) is 2.29. The fourth-order valence-corrected chi connectivity index (χ4v) is 1.08. The van der Waals surface area contributed by atoms with Crippen LogP contribution in [0.2, 0.25) is 0 Å². The van der Waals surface area contributed by atoms with Gasteiger partial charge in [0.05, 0.1) is 0 Å². The number of aromatic nitrogens is 2. The summed E-state index contributed by atoms with van der Waals surface area (Å²) in [7, 11) is 0. The minimum Gasteiger partial charge on any atom is -0.218 e. The van der Waals surface area contributed by atoms with Crippen molar-refractivity contribution in [2.75, 3.05) is 0 Å². The summed E-state index contributed by atoms with van der Waals surface area (Å²) in [5, 5.41) is 0. The van der Waals surface area contributed by atoms with Gasteiger partial charge in [-0.3, -0.25) is 0 Å². The van der Waals surface area contributed by atoms with E-state index >= 15 is 0 Å². The molecule has 0 aliphatic rings. The second-order valence-corrected chi connectivity index (χ2v) is 2.83. The second kappa shape index (κ2) is 4.20. The highest BCUT2D eigenvalue weighted by Crippen LogP contribution is 1.94. The first-order chi connectivity index (χ1) is 6.95. The maximum atomic E-state index is 3.08. The van der Waals surface area contributed by atoms with Crippen molar-refractivity contribution in [3.63, 3.8) is 0 Å². The van der Waals surface area contributed by atoms with Crippen molar-refractivity contribution in [2.45, 2.75) is 0 Å². The lowest BCUT2D eigenvalue weighted by atomic mass is 10.2. The summed E-state index contributed by atoms with van der Waals surface area (Å²) in [6, 6.07) is 7.79. The van der Waals surface area contributed by atoms with Gasteiger partial charge in [-0.05, 0) is 0 Å². The SMILES string of the molecule is C(#Cc1cc[nH+]cc1)c1cc[nH+]cc1. The van der Waals surface area contributed by atoms with Gasteiger partial charge in [-0.1, -0.05) is 11.8 Å². The maximum Gasteiger partial charge on any atom is 0.168 e. The van der Waals surface area contributed by atoms with E-state index in [1.807, 2.05) is 49.1 Å². The van der Waals surface area contributed by atoms with Crippen molar-refractivity contribution in [3.8, 4) is 11.8 Å². The van der Waals surface area contributed by atoms with Crippen LogP contribution < -0.4 is 9.97 Å². The highest BCUT2D eigenvalue weighted by Gasteiger charge is 1.88. The van der Waals surface area contributed by atoms with Crippen LogP contribution in [-0.2, 0) is 0 Å². The van der Waals surface area contributed by atoms with Crippen molar-refractivity contribution in [2.24, 2.45) is 0 Å². The first-order valence-corrected chi connectivity index (χ1v) is 4.39. The number of pyridine rings is 2. The number of aromatic amines is 2. The second-order valence-electron chi connectivity index (χ2n) is 2.83. The van der Waals surface area contributed by atoms with E-state index in [9.17, 15) is 0 Å². The monoisotopic (exact) mass is 182 g/mol. The Morgan fingerprint density at radius 2 is 1.00 bits per heavy atom. The largest absolute Gasteiger partial charge is 0.218 e. The molecule has 0 amide bonds. The first kappa shape index (κ1) is 8.46. The summed E-state index contributed by atoms with van der Waals surface area (Å²) in [5.74, 6) is 6.15. The Hall–Kier alpha value is -2.14. The predicted molar refractivity (Wildman–Crippen MR) is 52.0 cm³/mol. The van der Waals surface area contributed by atoms with Crippen LogP contribution in [0.3, 0.4) is 0 Å². The van der Waals surface area contributed by atoms with E-state index in [1.54, 1.807) is 0 Å². The molecular weight excluding hydrogens is 172 g/mol. The Morgan fingerprint density at radius 1 is 0.643 bits per heavy atom. The number of nitrogens with one attached hydrogen (secondary N) is 2. The molecule has 2 aromatic rings. The minimum absolute atomic E-state index is 1.01. The third kappa shape index (κ3) is 2.18. The molecule has 2 N–H and O–H groups in total. The summed E-state index contributed by atoms with van der Waals surface area (Å²) in [4.78, 5) is 5.92. The molecule has 2 heteroatoms.